The van der Waals surface area contributed by atoms with Gasteiger partial charge in [-0.1, -0.05) is 49.2 Å². The van der Waals surface area contributed by atoms with Crippen molar-refractivity contribution in [3.63, 3.8) is 0 Å². The Kier molecular flexibility index (Phi) is 5.05. The van der Waals surface area contributed by atoms with Crippen molar-refractivity contribution >= 4 is 28.6 Å². The Morgan fingerprint density at radius 3 is 2.50 bits per heavy atom. The number of aliphatic imine (C=N–C) groups is 1. The van der Waals surface area contributed by atoms with Gasteiger partial charge in [-0.2, -0.15) is 0 Å². The number of hydrogen-bond acceptors (Lipinski definition) is 3. The number of benzene rings is 2. The van der Waals surface area contributed by atoms with E-state index in [4.69, 9.17) is 4.99 Å². The number of carbonyl (C=O) groups is 2. The van der Waals surface area contributed by atoms with Gasteiger partial charge in [-0.25, -0.2) is 0 Å². The smallest absolute Gasteiger partial charge is 0.256 e. The molecule has 1 N–H and O–H groups in total. The lowest BCUT2D eigenvalue weighted by molar-refractivity contribution is -0.131. The van der Waals surface area contributed by atoms with Crippen LogP contribution in [0.2, 0.25) is 0 Å². The average Bonchev–Trinajstić information content (AvgIpc) is 3.24. The van der Waals surface area contributed by atoms with E-state index in [-0.39, 0.29) is 11.8 Å². The molecule has 0 unspecified atom stereocenters. The van der Waals surface area contributed by atoms with Crippen molar-refractivity contribution in [2.45, 2.75) is 50.5 Å². The van der Waals surface area contributed by atoms with Gasteiger partial charge in [-0.3, -0.25) is 19.5 Å². The highest BCUT2D eigenvalue weighted by Gasteiger charge is 2.50. The van der Waals surface area contributed by atoms with Crippen LogP contribution in [-0.4, -0.2) is 57.6 Å². The SMILES string of the molecule is O=C(C1CC1)N1CC[C@@H](CN2C(=O)C3(CCCC3)N=C2c2ccc(-c3ccc4cc[nH]c4c3)cc2)C1. The highest BCUT2D eigenvalue weighted by Crippen LogP contribution is 2.41. The van der Waals surface area contributed by atoms with Gasteiger partial charge >= 0.3 is 0 Å². The number of aromatic amines is 1. The summed E-state index contributed by atoms with van der Waals surface area (Å²) in [5.41, 5.74) is 3.86. The molecule has 0 bridgehead atoms. The predicted molar refractivity (Wildman–Crippen MR) is 141 cm³/mol. The fraction of sp³-hybridized carbons (Fsp3) is 0.433. The molecule has 2 amide bonds. The largest absolute Gasteiger partial charge is 0.361 e. The molecule has 1 saturated heterocycles. The third kappa shape index (κ3) is 3.66. The van der Waals surface area contributed by atoms with E-state index >= 15 is 0 Å². The molecule has 1 spiro atoms. The third-order valence-electron chi connectivity index (χ3n) is 8.65. The van der Waals surface area contributed by atoms with Crippen LogP contribution in [-0.2, 0) is 9.59 Å². The first-order valence-corrected chi connectivity index (χ1v) is 13.5. The van der Waals surface area contributed by atoms with Crippen molar-refractivity contribution in [3.8, 4) is 11.1 Å². The molecule has 4 aliphatic rings. The second-order valence-electron chi connectivity index (χ2n) is 11.2. The molecule has 184 valence electrons. The summed E-state index contributed by atoms with van der Waals surface area (Å²) in [4.78, 5) is 38.7. The molecule has 3 heterocycles. The second-order valence-corrected chi connectivity index (χ2v) is 11.2. The van der Waals surface area contributed by atoms with E-state index in [1.807, 2.05) is 16.0 Å². The molecular weight excluding hydrogens is 448 g/mol. The number of aromatic nitrogens is 1. The summed E-state index contributed by atoms with van der Waals surface area (Å²) in [7, 11) is 0. The molecule has 3 fully saturated rings. The van der Waals surface area contributed by atoms with Gasteiger partial charge in [0.1, 0.15) is 11.4 Å². The summed E-state index contributed by atoms with van der Waals surface area (Å²) < 4.78 is 0. The Bertz CT molecular complexity index is 1360. The van der Waals surface area contributed by atoms with Crippen LogP contribution in [0.5, 0.6) is 0 Å². The zero-order valence-corrected chi connectivity index (χ0v) is 20.6. The Balaban J connectivity index is 1.15. The van der Waals surface area contributed by atoms with Crippen molar-refractivity contribution < 1.29 is 9.59 Å². The summed E-state index contributed by atoms with van der Waals surface area (Å²) in [5, 5.41) is 1.20. The number of fused-ring (bicyclic) bond motifs is 1. The van der Waals surface area contributed by atoms with Gasteiger partial charge in [0.2, 0.25) is 5.91 Å². The number of rotatable bonds is 5. The minimum absolute atomic E-state index is 0.170. The number of carbonyl (C=O) groups excluding carboxylic acids is 2. The molecule has 7 rings (SSSR count). The van der Waals surface area contributed by atoms with Gasteiger partial charge < -0.3 is 9.88 Å². The van der Waals surface area contributed by atoms with Gasteiger partial charge in [0.25, 0.3) is 5.91 Å². The van der Waals surface area contributed by atoms with E-state index in [9.17, 15) is 9.59 Å². The molecule has 6 nitrogen and oxygen atoms in total. The zero-order valence-electron chi connectivity index (χ0n) is 20.6. The van der Waals surface area contributed by atoms with Crippen molar-refractivity contribution in [1.82, 2.24) is 14.8 Å². The fourth-order valence-corrected chi connectivity index (χ4v) is 6.40. The Morgan fingerprint density at radius 1 is 0.972 bits per heavy atom. The van der Waals surface area contributed by atoms with Gasteiger partial charge in [-0.05, 0) is 66.7 Å². The molecule has 2 aliphatic carbocycles. The number of nitrogens with zero attached hydrogens (tertiary/aromatic N) is 3. The summed E-state index contributed by atoms with van der Waals surface area (Å²) in [5.74, 6) is 1.88. The predicted octanol–water partition coefficient (Wildman–Crippen LogP) is 5.00. The first kappa shape index (κ1) is 21.8. The number of amides is 2. The molecule has 2 aliphatic heterocycles. The Hall–Kier alpha value is -3.41. The minimum atomic E-state index is -0.575. The van der Waals surface area contributed by atoms with Crippen molar-refractivity contribution in [2.24, 2.45) is 16.8 Å². The molecule has 1 atom stereocenters. The highest BCUT2D eigenvalue weighted by atomic mass is 16.2. The molecule has 2 aromatic carbocycles. The topological polar surface area (TPSA) is 68.8 Å². The standard InChI is InChI=1S/C30H32N4O2/c35-28(24-8-9-24)33-16-12-20(18-33)19-34-27(32-30(29(34)36)13-1-2-14-30)23-6-3-21(4-7-23)25-10-5-22-11-15-31-26(22)17-25/h3-7,10-11,15,17,20,24,31H,1-2,8-9,12-14,16,18-19H2/t20-/m1/s1. The lowest BCUT2D eigenvalue weighted by Crippen LogP contribution is -2.44. The van der Waals surface area contributed by atoms with Crippen LogP contribution in [0.1, 0.15) is 50.5 Å². The van der Waals surface area contributed by atoms with Crippen molar-refractivity contribution in [1.29, 1.82) is 0 Å². The number of nitrogens with one attached hydrogen (secondary N) is 1. The quantitative estimate of drug-likeness (QED) is 0.559. The van der Waals surface area contributed by atoms with E-state index < -0.39 is 5.54 Å². The molecule has 1 aromatic heterocycles. The van der Waals surface area contributed by atoms with Crippen LogP contribution in [0.4, 0.5) is 0 Å². The van der Waals surface area contributed by atoms with E-state index in [1.54, 1.807) is 0 Å². The van der Waals surface area contributed by atoms with Gasteiger partial charge in [0.05, 0.1) is 0 Å². The second kappa shape index (κ2) is 8.32. The maximum absolute atomic E-state index is 13.7. The van der Waals surface area contributed by atoms with Crippen LogP contribution in [0.15, 0.2) is 59.7 Å². The Morgan fingerprint density at radius 2 is 1.72 bits per heavy atom. The summed E-state index contributed by atoms with van der Waals surface area (Å²) in [6, 6.07) is 17.0. The summed E-state index contributed by atoms with van der Waals surface area (Å²) >= 11 is 0. The van der Waals surface area contributed by atoms with Gasteiger partial charge in [-0.15, -0.1) is 0 Å². The number of likely N-dealkylation sites (tertiary alicyclic amines) is 1. The summed E-state index contributed by atoms with van der Waals surface area (Å²) in [6.45, 7) is 2.23. The molecular formula is C30H32N4O2. The number of hydrogen-bond donors (Lipinski definition) is 1. The number of H-pyrrole nitrogens is 1. The van der Waals surface area contributed by atoms with E-state index in [0.29, 0.717) is 18.4 Å². The molecule has 6 heteroatoms. The lowest BCUT2D eigenvalue weighted by Gasteiger charge is -2.25. The van der Waals surface area contributed by atoms with Crippen LogP contribution in [0.25, 0.3) is 22.0 Å². The van der Waals surface area contributed by atoms with Crippen LogP contribution in [0.3, 0.4) is 0 Å². The highest BCUT2D eigenvalue weighted by molar-refractivity contribution is 6.15. The minimum Gasteiger partial charge on any atom is -0.361 e. The van der Waals surface area contributed by atoms with E-state index in [0.717, 1.165) is 86.1 Å². The normalized spacial score (nSPS) is 23.3. The maximum atomic E-state index is 13.7. The summed E-state index contributed by atoms with van der Waals surface area (Å²) in [6.07, 6.45) is 8.81. The first-order valence-electron chi connectivity index (χ1n) is 13.5. The average molecular weight is 481 g/mol. The first-order chi connectivity index (χ1) is 17.6. The monoisotopic (exact) mass is 480 g/mol. The molecule has 0 radical (unpaired) electrons. The van der Waals surface area contributed by atoms with E-state index in [1.165, 1.54) is 5.39 Å². The van der Waals surface area contributed by atoms with Crippen LogP contribution >= 0.6 is 0 Å². The van der Waals surface area contributed by atoms with Crippen LogP contribution in [0, 0.1) is 11.8 Å². The maximum Gasteiger partial charge on any atom is 0.256 e. The van der Waals surface area contributed by atoms with Crippen molar-refractivity contribution in [3.05, 3.63) is 60.3 Å². The van der Waals surface area contributed by atoms with E-state index in [2.05, 4.69) is 53.5 Å². The zero-order chi connectivity index (χ0) is 24.3. The molecule has 2 saturated carbocycles. The molecule has 36 heavy (non-hydrogen) atoms. The van der Waals surface area contributed by atoms with Gasteiger partial charge in [0.15, 0.2) is 0 Å². The van der Waals surface area contributed by atoms with Crippen molar-refractivity contribution in [2.75, 3.05) is 19.6 Å². The fourth-order valence-electron chi connectivity index (χ4n) is 6.40. The van der Waals surface area contributed by atoms with Crippen LogP contribution < -0.4 is 0 Å². The Labute approximate surface area is 211 Å². The number of amidine groups is 1. The van der Waals surface area contributed by atoms with Gasteiger partial charge in [0, 0.05) is 42.8 Å². The lowest BCUT2D eigenvalue weighted by atomic mass is 9.97. The molecule has 3 aromatic rings. The third-order valence-corrected chi connectivity index (χ3v) is 8.65.